The number of benzene rings is 2. The first-order valence-corrected chi connectivity index (χ1v) is 11.1. The summed E-state index contributed by atoms with van der Waals surface area (Å²) in [5, 5.41) is 3.89. The summed E-state index contributed by atoms with van der Waals surface area (Å²) in [5.41, 5.74) is 0.651. The van der Waals surface area contributed by atoms with Crippen LogP contribution in [-0.4, -0.2) is 44.8 Å². The summed E-state index contributed by atoms with van der Waals surface area (Å²) < 4.78 is 47.9. The summed E-state index contributed by atoms with van der Waals surface area (Å²) in [7, 11) is -0.692. The minimum atomic E-state index is -3.74. The number of hydrogen-bond acceptors (Lipinski definition) is 9. The quantitative estimate of drug-likeness (QED) is 0.478. The number of aromatic nitrogens is 2. The van der Waals surface area contributed by atoms with Crippen molar-refractivity contribution >= 4 is 16.0 Å². The fourth-order valence-electron chi connectivity index (χ4n) is 2.79. The molecular formula is C21H23N3O7S. The van der Waals surface area contributed by atoms with E-state index in [1.54, 1.807) is 39.2 Å². The van der Waals surface area contributed by atoms with Crippen LogP contribution < -0.4 is 14.2 Å². The van der Waals surface area contributed by atoms with Crippen LogP contribution in [0.2, 0.25) is 0 Å². The van der Waals surface area contributed by atoms with Crippen LogP contribution in [0.1, 0.15) is 30.1 Å². The first kappa shape index (κ1) is 23.2. The van der Waals surface area contributed by atoms with Crippen LogP contribution in [0.3, 0.4) is 0 Å². The second-order valence-corrected chi connectivity index (χ2v) is 8.67. The summed E-state index contributed by atoms with van der Waals surface area (Å²) in [4.78, 5) is 16.6. The van der Waals surface area contributed by atoms with Gasteiger partial charge in [0.15, 0.2) is 6.61 Å². The minimum Gasteiger partial charge on any atom is -0.497 e. The zero-order valence-electron chi connectivity index (χ0n) is 18.0. The lowest BCUT2D eigenvalue weighted by Gasteiger charge is -2.10. The fourth-order valence-corrected chi connectivity index (χ4v) is 4.08. The number of hydrogen-bond donors (Lipinski definition) is 1. The third-order valence-electron chi connectivity index (χ3n) is 4.22. The third-order valence-corrected chi connectivity index (χ3v) is 5.87. The Morgan fingerprint density at radius 2 is 1.91 bits per heavy atom. The van der Waals surface area contributed by atoms with Crippen LogP contribution in [0.25, 0.3) is 11.4 Å². The van der Waals surface area contributed by atoms with Crippen molar-refractivity contribution in [3.05, 3.63) is 53.9 Å². The largest absolute Gasteiger partial charge is 0.497 e. The van der Waals surface area contributed by atoms with Crippen molar-refractivity contribution in [3.63, 3.8) is 0 Å². The van der Waals surface area contributed by atoms with Crippen molar-refractivity contribution in [2.45, 2.75) is 31.4 Å². The van der Waals surface area contributed by atoms with Gasteiger partial charge in [-0.15, -0.1) is 0 Å². The fraction of sp³-hybridized carbons (Fsp3) is 0.286. The molecule has 0 aliphatic rings. The first-order valence-electron chi connectivity index (χ1n) is 9.58. The molecule has 0 radical (unpaired) electrons. The van der Waals surface area contributed by atoms with Gasteiger partial charge in [-0.2, -0.15) is 4.98 Å². The van der Waals surface area contributed by atoms with Gasteiger partial charge in [0.25, 0.3) is 5.89 Å². The van der Waals surface area contributed by atoms with Gasteiger partial charge >= 0.3 is 5.97 Å². The number of carbonyl (C=O) groups is 1. The Hall–Kier alpha value is -3.44. The number of rotatable bonds is 9. The molecule has 0 saturated carbocycles. The van der Waals surface area contributed by atoms with Gasteiger partial charge in [-0.05, 0) is 44.2 Å². The summed E-state index contributed by atoms with van der Waals surface area (Å²) in [6, 6.07) is 10.4. The molecule has 0 aliphatic carbocycles. The molecule has 2 aromatic carbocycles. The van der Waals surface area contributed by atoms with Gasteiger partial charge < -0.3 is 18.7 Å². The minimum absolute atomic E-state index is 0.0349. The van der Waals surface area contributed by atoms with Crippen molar-refractivity contribution in [2.24, 2.45) is 0 Å². The van der Waals surface area contributed by atoms with E-state index in [9.17, 15) is 13.2 Å². The van der Waals surface area contributed by atoms with E-state index in [0.717, 1.165) is 0 Å². The van der Waals surface area contributed by atoms with Gasteiger partial charge in [-0.25, -0.2) is 17.9 Å². The lowest BCUT2D eigenvalue weighted by atomic mass is 10.2. The number of nitrogens with one attached hydrogen (secondary N) is 1. The lowest BCUT2D eigenvalue weighted by molar-refractivity contribution is 0.0429. The molecule has 1 aromatic heterocycles. The topological polar surface area (TPSA) is 130 Å². The van der Waals surface area contributed by atoms with E-state index in [0.29, 0.717) is 17.1 Å². The van der Waals surface area contributed by atoms with Crippen molar-refractivity contribution in [1.29, 1.82) is 0 Å². The highest BCUT2D eigenvalue weighted by molar-refractivity contribution is 7.89. The normalized spacial score (nSPS) is 11.4. The number of methoxy groups -OCH3 is 2. The van der Waals surface area contributed by atoms with Gasteiger partial charge in [-0.3, -0.25) is 0 Å². The molecule has 0 fully saturated rings. The van der Waals surface area contributed by atoms with Gasteiger partial charge in [0.2, 0.25) is 15.8 Å². The van der Waals surface area contributed by atoms with E-state index in [-0.39, 0.29) is 34.8 Å². The maximum absolute atomic E-state index is 12.4. The van der Waals surface area contributed by atoms with Crippen molar-refractivity contribution in [1.82, 2.24) is 14.9 Å². The van der Waals surface area contributed by atoms with E-state index in [1.807, 2.05) is 0 Å². The smallest absolute Gasteiger partial charge is 0.338 e. The molecule has 0 aliphatic heterocycles. The molecule has 0 spiro atoms. The van der Waals surface area contributed by atoms with Crippen molar-refractivity contribution < 1.29 is 31.9 Å². The molecule has 32 heavy (non-hydrogen) atoms. The molecule has 1 heterocycles. The van der Waals surface area contributed by atoms with Gasteiger partial charge in [0.1, 0.15) is 11.5 Å². The third kappa shape index (κ3) is 5.42. The Morgan fingerprint density at radius 1 is 1.12 bits per heavy atom. The number of ether oxygens (including phenoxy) is 3. The lowest BCUT2D eigenvalue weighted by Crippen LogP contribution is -2.30. The van der Waals surface area contributed by atoms with E-state index in [2.05, 4.69) is 14.9 Å². The predicted octanol–water partition coefficient (Wildman–Crippen LogP) is 2.80. The maximum Gasteiger partial charge on any atom is 0.338 e. The highest BCUT2D eigenvalue weighted by atomic mass is 32.2. The van der Waals surface area contributed by atoms with Crippen molar-refractivity contribution in [2.75, 3.05) is 14.2 Å². The van der Waals surface area contributed by atoms with E-state index in [1.165, 1.54) is 31.4 Å². The highest BCUT2D eigenvalue weighted by Gasteiger charge is 2.19. The van der Waals surface area contributed by atoms with Gasteiger partial charge in [-0.1, -0.05) is 11.2 Å². The number of esters is 1. The van der Waals surface area contributed by atoms with Crippen LogP contribution in [0, 0.1) is 0 Å². The Kier molecular flexibility index (Phi) is 7.11. The van der Waals surface area contributed by atoms with E-state index >= 15 is 0 Å². The Balaban J connectivity index is 1.71. The van der Waals surface area contributed by atoms with E-state index < -0.39 is 16.0 Å². The average molecular weight is 461 g/mol. The zero-order valence-corrected chi connectivity index (χ0v) is 18.8. The first-order chi connectivity index (χ1) is 15.2. The Labute approximate surface area is 185 Å². The molecule has 170 valence electrons. The highest BCUT2D eigenvalue weighted by Crippen LogP contribution is 2.31. The zero-order chi connectivity index (χ0) is 23.3. The van der Waals surface area contributed by atoms with Crippen LogP contribution in [0.5, 0.6) is 11.5 Å². The number of sulfonamides is 1. The molecule has 0 unspecified atom stereocenters. The number of carbonyl (C=O) groups excluding carboxylic acids is 1. The van der Waals surface area contributed by atoms with Gasteiger partial charge in [0.05, 0.1) is 30.2 Å². The summed E-state index contributed by atoms with van der Waals surface area (Å²) >= 11 is 0. The summed E-state index contributed by atoms with van der Waals surface area (Å²) in [5.74, 6) is 0.686. The second-order valence-electron chi connectivity index (χ2n) is 6.96. The van der Waals surface area contributed by atoms with Crippen LogP contribution in [0.4, 0.5) is 0 Å². The Bertz CT molecular complexity index is 1210. The molecule has 3 aromatic rings. The second kappa shape index (κ2) is 9.79. The van der Waals surface area contributed by atoms with Crippen LogP contribution in [0.15, 0.2) is 51.9 Å². The number of nitrogens with zero attached hydrogens (tertiary/aromatic N) is 2. The molecule has 0 amide bonds. The van der Waals surface area contributed by atoms with E-state index in [4.69, 9.17) is 18.7 Å². The molecule has 10 nitrogen and oxygen atoms in total. The summed E-state index contributed by atoms with van der Waals surface area (Å²) in [6.07, 6.45) is 0. The molecule has 1 N–H and O–H groups in total. The Morgan fingerprint density at radius 3 is 2.59 bits per heavy atom. The average Bonchev–Trinajstić information content (AvgIpc) is 3.25. The monoisotopic (exact) mass is 461 g/mol. The van der Waals surface area contributed by atoms with Gasteiger partial charge in [0, 0.05) is 12.1 Å². The molecule has 0 bridgehead atoms. The van der Waals surface area contributed by atoms with Crippen LogP contribution >= 0.6 is 0 Å². The maximum atomic E-state index is 12.4. The molecule has 0 saturated heterocycles. The standard InChI is InChI=1S/C21H23N3O7S/c1-13(2)24-32(26,27)16-7-5-6-14(10-16)21(25)30-12-19-22-20(23-31-19)17-9-8-15(28-3)11-18(17)29-4/h5-11,13,24H,12H2,1-4H3. The predicted molar refractivity (Wildman–Crippen MR) is 114 cm³/mol. The molecule has 3 rings (SSSR count). The molecule has 0 atom stereocenters. The summed E-state index contributed by atoms with van der Waals surface area (Å²) in [6.45, 7) is 3.12. The molecule has 11 heteroatoms. The van der Waals surface area contributed by atoms with Crippen molar-refractivity contribution in [3.8, 4) is 22.9 Å². The van der Waals surface area contributed by atoms with Crippen LogP contribution in [-0.2, 0) is 21.4 Å². The SMILES string of the molecule is COc1ccc(-c2noc(COC(=O)c3cccc(S(=O)(=O)NC(C)C)c3)n2)c(OC)c1. The molecular weight excluding hydrogens is 438 g/mol.